The number of aliphatic carboxylic acids is 1. The Balaban J connectivity index is 2.39. The van der Waals surface area contributed by atoms with E-state index in [1.807, 2.05) is 43.4 Å². The van der Waals surface area contributed by atoms with E-state index in [-0.39, 0.29) is 18.3 Å². The molecule has 0 aromatic heterocycles. The number of allylic oxidation sites excluding steroid dienone is 7. The summed E-state index contributed by atoms with van der Waals surface area (Å²) in [7, 11) is 0. The Morgan fingerprint density at radius 1 is 1.10 bits per heavy atom. The Bertz CT molecular complexity index is 578. The lowest BCUT2D eigenvalue weighted by atomic mass is 9.85. The van der Waals surface area contributed by atoms with Crippen molar-refractivity contribution in [3.05, 3.63) is 48.6 Å². The van der Waals surface area contributed by atoms with Crippen molar-refractivity contribution in [1.82, 2.24) is 0 Å². The molecule has 1 rings (SSSR count). The highest BCUT2D eigenvalue weighted by atomic mass is 16.4. The van der Waals surface area contributed by atoms with Gasteiger partial charge in [-0.05, 0) is 70.1 Å². The molecule has 1 aliphatic carbocycles. The highest BCUT2D eigenvalue weighted by Crippen LogP contribution is 2.38. The zero-order chi connectivity index (χ0) is 21.6. The van der Waals surface area contributed by atoms with Crippen LogP contribution in [-0.2, 0) is 4.79 Å². The van der Waals surface area contributed by atoms with Gasteiger partial charge in [0.15, 0.2) is 0 Å². The highest BCUT2D eigenvalue weighted by Gasteiger charge is 2.40. The number of hydrogen-bond donors (Lipinski definition) is 4. The summed E-state index contributed by atoms with van der Waals surface area (Å²) < 4.78 is 0. The van der Waals surface area contributed by atoms with Crippen LogP contribution in [0.2, 0.25) is 0 Å². The van der Waals surface area contributed by atoms with E-state index >= 15 is 0 Å². The molecule has 164 valence electrons. The van der Waals surface area contributed by atoms with Gasteiger partial charge in [0.05, 0.1) is 18.3 Å². The molecular formula is C24H38O5. The second-order valence-electron chi connectivity index (χ2n) is 8.00. The number of unbranched alkanes of at least 4 members (excludes halogenated alkanes) is 1. The summed E-state index contributed by atoms with van der Waals surface area (Å²) in [5.41, 5.74) is 0.976. The van der Waals surface area contributed by atoms with E-state index in [1.54, 1.807) is 0 Å². The molecule has 0 aromatic rings. The van der Waals surface area contributed by atoms with Gasteiger partial charge in [-0.25, -0.2) is 0 Å². The molecule has 0 radical (unpaired) electrons. The fourth-order valence-electron chi connectivity index (χ4n) is 3.92. The van der Waals surface area contributed by atoms with Crippen molar-refractivity contribution in [2.24, 2.45) is 11.8 Å². The van der Waals surface area contributed by atoms with Crippen molar-refractivity contribution in [1.29, 1.82) is 0 Å². The van der Waals surface area contributed by atoms with Gasteiger partial charge < -0.3 is 20.4 Å². The molecular weight excluding hydrogens is 368 g/mol. The predicted molar refractivity (Wildman–Crippen MR) is 116 cm³/mol. The van der Waals surface area contributed by atoms with E-state index in [0.717, 1.165) is 12.0 Å². The van der Waals surface area contributed by atoms with Gasteiger partial charge in [-0.1, -0.05) is 48.6 Å². The smallest absolute Gasteiger partial charge is 0.303 e. The summed E-state index contributed by atoms with van der Waals surface area (Å²) >= 11 is 0. The van der Waals surface area contributed by atoms with E-state index in [4.69, 9.17) is 5.11 Å². The number of hydrogen-bond acceptors (Lipinski definition) is 4. The maximum Gasteiger partial charge on any atom is 0.303 e. The third-order valence-electron chi connectivity index (χ3n) is 5.63. The average Bonchev–Trinajstić information content (AvgIpc) is 2.93. The molecule has 0 heterocycles. The van der Waals surface area contributed by atoms with Crippen LogP contribution < -0.4 is 0 Å². The second kappa shape index (κ2) is 14.3. The molecule has 4 N–H and O–H groups in total. The van der Waals surface area contributed by atoms with Crippen molar-refractivity contribution >= 4 is 5.97 Å². The van der Waals surface area contributed by atoms with Crippen LogP contribution in [0.1, 0.15) is 64.7 Å². The molecule has 0 amide bonds. The van der Waals surface area contributed by atoms with Crippen LogP contribution in [0.5, 0.6) is 0 Å². The Hall–Kier alpha value is -1.69. The van der Waals surface area contributed by atoms with Crippen molar-refractivity contribution in [2.45, 2.75) is 83.0 Å². The molecule has 0 saturated heterocycles. The molecule has 1 fully saturated rings. The van der Waals surface area contributed by atoms with E-state index in [2.05, 4.69) is 6.58 Å². The molecule has 5 heteroatoms. The van der Waals surface area contributed by atoms with Gasteiger partial charge in [0, 0.05) is 6.42 Å². The second-order valence-corrected chi connectivity index (χ2v) is 8.00. The minimum atomic E-state index is -0.788. The average molecular weight is 407 g/mol. The minimum absolute atomic E-state index is 0.0216. The molecule has 29 heavy (non-hydrogen) atoms. The summed E-state index contributed by atoms with van der Waals surface area (Å²) in [4.78, 5) is 10.5. The fraction of sp³-hybridized carbons (Fsp3) is 0.625. The molecule has 1 saturated carbocycles. The van der Waals surface area contributed by atoms with Gasteiger partial charge in [0.1, 0.15) is 0 Å². The van der Waals surface area contributed by atoms with E-state index in [9.17, 15) is 20.1 Å². The summed E-state index contributed by atoms with van der Waals surface area (Å²) in [5.74, 6) is -0.837. The predicted octanol–water partition coefficient (Wildman–Crippen LogP) is 4.16. The van der Waals surface area contributed by atoms with Crippen LogP contribution in [0.25, 0.3) is 0 Å². The molecule has 5 nitrogen and oxygen atoms in total. The molecule has 0 bridgehead atoms. The van der Waals surface area contributed by atoms with Crippen molar-refractivity contribution in [2.75, 3.05) is 0 Å². The first-order valence-corrected chi connectivity index (χ1v) is 10.7. The standard InChI is InChI=1S/C24H38O5/c1-3-4-7-10-18(2)13-14-19(25)15-16-21-20(22(26)17-23(21)27)11-8-5-6-9-12-24(28)29/h3-5,7-8,10,19-23,25-27H,2,6,9,11-17H2,1H3,(H,28,29)/b4-3-,8-5-,10-7-/t19-,20+,21+,22-,23+/m0/s1. The molecule has 0 aliphatic heterocycles. The van der Waals surface area contributed by atoms with Gasteiger partial charge in [-0.3, -0.25) is 4.79 Å². The summed E-state index contributed by atoms with van der Waals surface area (Å²) in [6.45, 7) is 5.94. The molecule has 0 spiro atoms. The van der Waals surface area contributed by atoms with Gasteiger partial charge in [0.2, 0.25) is 0 Å². The van der Waals surface area contributed by atoms with Crippen LogP contribution in [0.4, 0.5) is 0 Å². The lowest BCUT2D eigenvalue weighted by molar-refractivity contribution is -0.137. The Labute approximate surface area is 175 Å². The maximum absolute atomic E-state index is 10.5. The van der Waals surface area contributed by atoms with Crippen LogP contribution in [0, 0.1) is 11.8 Å². The zero-order valence-electron chi connectivity index (χ0n) is 17.6. The minimum Gasteiger partial charge on any atom is -0.481 e. The van der Waals surface area contributed by atoms with Crippen molar-refractivity contribution < 1.29 is 25.2 Å². The van der Waals surface area contributed by atoms with Crippen LogP contribution >= 0.6 is 0 Å². The number of carboxylic acids is 1. The largest absolute Gasteiger partial charge is 0.481 e. The third-order valence-corrected chi connectivity index (χ3v) is 5.63. The number of carboxylic acid groups (broad SMARTS) is 1. The Morgan fingerprint density at radius 3 is 2.52 bits per heavy atom. The number of rotatable bonds is 14. The summed E-state index contributed by atoms with van der Waals surface area (Å²) in [6, 6.07) is 0. The van der Waals surface area contributed by atoms with Crippen LogP contribution in [0.15, 0.2) is 48.6 Å². The normalized spacial score (nSPS) is 26.1. The number of carbonyl (C=O) groups is 1. The molecule has 5 atom stereocenters. The highest BCUT2D eigenvalue weighted by molar-refractivity contribution is 5.66. The molecule has 1 aliphatic rings. The van der Waals surface area contributed by atoms with E-state index in [0.29, 0.717) is 44.9 Å². The lowest BCUT2D eigenvalue weighted by Crippen LogP contribution is -2.23. The maximum atomic E-state index is 10.5. The zero-order valence-corrected chi connectivity index (χ0v) is 17.6. The van der Waals surface area contributed by atoms with E-state index < -0.39 is 24.3 Å². The van der Waals surface area contributed by atoms with Crippen molar-refractivity contribution in [3.8, 4) is 0 Å². The SMILES string of the molecule is C=C(/C=C\C=C/C)CC[C@H](O)CC[C@@H]1[C@@H](C/C=C\CCCC(=O)O)[C@@H](O)C[C@H]1O. The summed E-state index contributed by atoms with van der Waals surface area (Å²) in [5, 5.41) is 39.6. The molecule has 0 unspecified atom stereocenters. The monoisotopic (exact) mass is 406 g/mol. The Kier molecular flexibility index (Phi) is 12.5. The topological polar surface area (TPSA) is 98.0 Å². The van der Waals surface area contributed by atoms with Gasteiger partial charge >= 0.3 is 5.97 Å². The number of aliphatic hydroxyl groups excluding tert-OH is 3. The van der Waals surface area contributed by atoms with Crippen LogP contribution in [-0.4, -0.2) is 44.7 Å². The first kappa shape index (κ1) is 25.3. The quantitative estimate of drug-likeness (QED) is 0.197. The fourth-order valence-corrected chi connectivity index (χ4v) is 3.92. The first-order chi connectivity index (χ1) is 13.8. The van der Waals surface area contributed by atoms with E-state index in [1.165, 1.54) is 0 Å². The van der Waals surface area contributed by atoms with Gasteiger partial charge in [0.25, 0.3) is 0 Å². The first-order valence-electron chi connectivity index (χ1n) is 10.7. The van der Waals surface area contributed by atoms with Crippen LogP contribution in [0.3, 0.4) is 0 Å². The number of aliphatic hydroxyl groups is 3. The summed E-state index contributed by atoms with van der Waals surface area (Å²) in [6.07, 6.45) is 15.3. The Morgan fingerprint density at radius 2 is 1.83 bits per heavy atom. The van der Waals surface area contributed by atoms with Gasteiger partial charge in [-0.2, -0.15) is 0 Å². The van der Waals surface area contributed by atoms with Crippen molar-refractivity contribution in [3.63, 3.8) is 0 Å². The third kappa shape index (κ3) is 10.6. The molecule has 0 aromatic carbocycles. The lowest BCUT2D eigenvalue weighted by Gasteiger charge is -2.23. The van der Waals surface area contributed by atoms with Gasteiger partial charge in [-0.15, -0.1) is 0 Å².